The number of nitrogens with two attached hydrogens (primary N) is 2. The van der Waals surface area contributed by atoms with E-state index in [1.165, 1.54) is 12.7 Å². The third-order valence-corrected chi connectivity index (χ3v) is 12.4. The molecule has 4 aliphatic heterocycles. The van der Waals surface area contributed by atoms with E-state index in [-0.39, 0.29) is 143 Å². The number of carboxylic acids is 2. The summed E-state index contributed by atoms with van der Waals surface area (Å²) in [6.45, 7) is -5.14. The molecule has 2 aromatic heterocycles. The smallest absolute Gasteiger partial charge is 0.669 e. The number of fused-ring (bicyclic) bond motifs is 6. The number of H-pyrrole nitrogens is 2. The number of benzene rings is 2. The Kier molecular flexibility index (Phi) is 13.6. The van der Waals surface area contributed by atoms with E-state index in [0.717, 1.165) is 0 Å². The average molecular weight is 904 g/mol. The first kappa shape index (κ1) is 47.8. The molecule has 10 rings (SSSR count). The van der Waals surface area contributed by atoms with Crippen LogP contribution in [0.25, 0.3) is 0 Å². The van der Waals surface area contributed by atoms with Gasteiger partial charge in [-0.1, -0.05) is 36.6 Å². The number of likely N-dealkylation sites (tertiary alicyclic amines) is 2. The third kappa shape index (κ3) is 9.28. The van der Waals surface area contributed by atoms with Crippen molar-refractivity contribution in [3.05, 3.63) is 83.0 Å². The molecule has 328 valence electrons. The zero-order valence-corrected chi connectivity index (χ0v) is 38.9. The van der Waals surface area contributed by atoms with E-state index >= 15 is 0 Å². The van der Waals surface area contributed by atoms with E-state index in [1.807, 2.05) is 0 Å². The fourth-order valence-electron chi connectivity index (χ4n) is 8.87. The van der Waals surface area contributed by atoms with Gasteiger partial charge >= 0.3 is 84.6 Å². The van der Waals surface area contributed by atoms with Gasteiger partial charge in [0, 0.05) is 25.2 Å². The number of carbonyl (C=O) groups is 4. The van der Waals surface area contributed by atoms with E-state index in [4.69, 9.17) is 30.2 Å². The van der Waals surface area contributed by atoms with Crippen LogP contribution in [0.2, 0.25) is 11.6 Å². The molecule has 4 fully saturated rings. The van der Waals surface area contributed by atoms with Gasteiger partial charge < -0.3 is 80.3 Å². The van der Waals surface area contributed by atoms with E-state index in [0.29, 0.717) is 48.2 Å². The van der Waals surface area contributed by atoms with E-state index < -0.39 is 61.4 Å². The van der Waals surface area contributed by atoms with Crippen molar-refractivity contribution in [1.29, 1.82) is 0 Å². The summed E-state index contributed by atoms with van der Waals surface area (Å²) in [5.41, 5.74) is 14.1. The molecule has 22 nitrogen and oxygen atoms in total. The van der Waals surface area contributed by atoms with Crippen LogP contribution in [0.3, 0.4) is 0 Å². The first-order valence-electron chi connectivity index (χ1n) is 20.2. The maximum Gasteiger partial charge on any atom is 1.00 e. The molecule has 6 atom stereocenters. The number of carbonyl (C=O) groups excluding carboxylic acids is 2. The monoisotopic (exact) mass is 904 g/mol. The van der Waals surface area contributed by atoms with Crippen molar-refractivity contribution < 1.29 is 127 Å². The summed E-state index contributed by atoms with van der Waals surface area (Å²) in [6, 6.07) is 5.06. The fourth-order valence-corrected chi connectivity index (χ4v) is 8.87. The Bertz CT molecular complexity index is 2250. The summed E-state index contributed by atoms with van der Waals surface area (Å²) in [6.07, 6.45) is 7.28. The first-order chi connectivity index (χ1) is 29.5. The molecule has 2 saturated carbocycles. The number of aromatic nitrogens is 4. The zero-order chi connectivity index (χ0) is 43.8. The molecule has 64 heavy (non-hydrogen) atoms. The summed E-state index contributed by atoms with van der Waals surface area (Å²) in [5.74, 6) is -4.08. The normalized spacial score (nSPS) is 23.5. The number of ether oxygens (including phenoxy) is 2. The van der Waals surface area contributed by atoms with Crippen LogP contribution in [0.1, 0.15) is 67.9 Å². The van der Waals surface area contributed by atoms with Gasteiger partial charge in [-0.25, -0.2) is 19.6 Å². The fraction of sp³-hybridized carbons (Fsp3) is 0.421. The number of amides is 2. The number of nitrogens with one attached hydrogen (secondary N) is 2. The predicted molar refractivity (Wildman–Crippen MR) is 213 cm³/mol. The second-order valence-corrected chi connectivity index (χ2v) is 16.8. The van der Waals surface area contributed by atoms with Gasteiger partial charge in [0.2, 0.25) is 11.8 Å². The van der Waals surface area contributed by atoms with Crippen LogP contribution in [0.4, 0.5) is 0 Å². The Hall–Kier alpha value is -4.17. The second-order valence-electron chi connectivity index (χ2n) is 16.8. The van der Waals surface area contributed by atoms with Crippen molar-refractivity contribution in [3.8, 4) is 23.0 Å². The molecule has 2 aliphatic carbocycles. The molecule has 2 saturated heterocycles. The van der Waals surface area contributed by atoms with Gasteiger partial charge in [0.15, 0.2) is 0 Å². The van der Waals surface area contributed by atoms with Gasteiger partial charge in [0.25, 0.3) is 0 Å². The number of carboxylic acid groups (broad SMARTS) is 2. The summed E-state index contributed by atoms with van der Waals surface area (Å²) in [5, 5.41) is 59.9. The number of hydrogen-bond donors (Lipinski definition) is 10. The summed E-state index contributed by atoms with van der Waals surface area (Å²) in [7, 11) is 0. The maximum absolute atomic E-state index is 12.5. The van der Waals surface area contributed by atoms with Crippen LogP contribution in [-0.4, -0.2) is 148 Å². The number of nitrogens with zero attached hydrogens (tertiary/aromatic N) is 4. The Morgan fingerprint density at radius 2 is 1.06 bits per heavy atom. The number of hydrogen-bond acceptors (Lipinski definition) is 16. The van der Waals surface area contributed by atoms with Crippen molar-refractivity contribution in [2.75, 3.05) is 26.2 Å². The second kappa shape index (κ2) is 18.2. The van der Waals surface area contributed by atoms with Gasteiger partial charge in [-0.2, -0.15) is 0 Å². The molecular weight excluding hydrogens is 860 g/mol. The number of imidazole rings is 2. The summed E-state index contributed by atoms with van der Waals surface area (Å²) >= 11 is 0. The minimum atomic E-state index is -3.10. The molecule has 12 N–H and O–H groups in total. The Morgan fingerprint density at radius 1 is 0.688 bits per heavy atom. The third-order valence-electron chi connectivity index (χ3n) is 12.4. The summed E-state index contributed by atoms with van der Waals surface area (Å²) < 4.78 is 22.3. The molecule has 0 radical (unpaired) electrons. The van der Waals surface area contributed by atoms with Crippen LogP contribution >= 0.6 is 0 Å². The quantitative estimate of drug-likeness (QED) is 0.0591. The van der Waals surface area contributed by atoms with E-state index in [1.54, 1.807) is 46.5 Å². The SMILES string of the molecule is N[C@@H](Cc1c[nH]cn1)C(=O)N1CC(Oc2ccc3c(c2C(=O)O)O[B-](O)(O)[C@@H]2C[C@H]32)C1.N[C@@H](Cc1c[nH]cn1)C(=O)N1CC(Oc2ccc3c(c2C(=O)O)O[B-](O)(O)[C@@H]2C[C@H]32)C1.[Na+].[Na+]. The molecule has 6 heterocycles. The first-order valence-corrected chi connectivity index (χ1v) is 20.2. The molecule has 0 spiro atoms. The van der Waals surface area contributed by atoms with Crippen LogP contribution < -0.4 is 89.4 Å². The topological polar surface area (TPSA) is 342 Å². The zero-order valence-electron chi connectivity index (χ0n) is 34.9. The van der Waals surface area contributed by atoms with E-state index in [9.17, 15) is 49.5 Å². The molecule has 2 amide bonds. The Balaban J connectivity index is 0.000000186. The molecule has 26 heteroatoms. The standard InChI is InChI=1S/2C19H22BN4O7.2Na/c2*21-14(3-9-5-22-8-23-9)18(25)24-6-10(7-24)30-15-2-1-11-12-4-13(12)20(28,29)31-17(11)16(15)19(26)27;;/h2*1-2,5,8,10,12-14,28-29H,3-4,6-7,21H2,(H,22,23)(H,26,27);;/q2*-1;2*+1/t2*12-,13-,14+;;/m11../s1. The van der Waals surface area contributed by atoms with Crippen molar-refractivity contribution in [3.63, 3.8) is 0 Å². The molecule has 4 aromatic rings. The molecule has 6 aliphatic rings. The van der Waals surface area contributed by atoms with Crippen molar-refractivity contribution in [2.45, 2.75) is 73.4 Å². The minimum Gasteiger partial charge on any atom is -0.669 e. The van der Waals surface area contributed by atoms with Crippen molar-refractivity contribution >= 4 is 37.3 Å². The van der Waals surface area contributed by atoms with Gasteiger partial charge in [-0.05, 0) is 35.1 Å². The average Bonchev–Trinajstić information content (AvgIpc) is 4.06. The van der Waals surface area contributed by atoms with Gasteiger partial charge in [-0.3, -0.25) is 9.59 Å². The maximum atomic E-state index is 12.5. The molecular formula is C38H44B2N8Na2O14. The Morgan fingerprint density at radius 3 is 1.39 bits per heavy atom. The van der Waals surface area contributed by atoms with Crippen LogP contribution in [-0.2, 0) is 22.4 Å². The molecule has 2 aromatic carbocycles. The Labute approximate surface area is 408 Å². The predicted octanol–water partition coefficient (Wildman–Crippen LogP) is -7.11. The molecule has 0 unspecified atom stereocenters. The summed E-state index contributed by atoms with van der Waals surface area (Å²) in [4.78, 5) is 65.6. The van der Waals surface area contributed by atoms with Gasteiger partial charge in [0.05, 0.1) is 73.8 Å². The van der Waals surface area contributed by atoms with Crippen LogP contribution in [0.15, 0.2) is 49.3 Å². The van der Waals surface area contributed by atoms with Crippen LogP contribution in [0.5, 0.6) is 23.0 Å². The van der Waals surface area contributed by atoms with Crippen molar-refractivity contribution in [1.82, 2.24) is 29.7 Å². The number of rotatable bonds is 12. The van der Waals surface area contributed by atoms with E-state index in [2.05, 4.69) is 19.9 Å². The van der Waals surface area contributed by atoms with Gasteiger partial charge in [-0.15, -0.1) is 0 Å². The number of aromatic amines is 2. The minimum absolute atomic E-state index is 0. The molecule has 0 bridgehead atoms. The van der Waals surface area contributed by atoms with Gasteiger partial charge in [0.1, 0.15) is 34.8 Å². The largest absolute Gasteiger partial charge is 1.00 e. The van der Waals surface area contributed by atoms with Crippen LogP contribution in [0, 0.1) is 0 Å². The number of aromatic carboxylic acids is 2. The van der Waals surface area contributed by atoms with Crippen molar-refractivity contribution in [2.24, 2.45) is 11.5 Å².